The predicted octanol–water partition coefficient (Wildman–Crippen LogP) is 2.17. The highest BCUT2D eigenvalue weighted by molar-refractivity contribution is 7.87. The fourth-order valence-electron chi connectivity index (χ4n) is 3.23. The Morgan fingerprint density at radius 3 is 2.40 bits per heavy atom. The molecule has 2 rings (SSSR count). The number of rotatable bonds is 3. The Labute approximate surface area is 122 Å². The zero-order valence-electron chi connectivity index (χ0n) is 12.4. The first-order chi connectivity index (χ1) is 9.38. The summed E-state index contributed by atoms with van der Waals surface area (Å²) in [5.74, 6) is 0.579. The van der Waals surface area contributed by atoms with Crippen LogP contribution in [0.2, 0.25) is 0 Å². The molecule has 1 aliphatic heterocycles. The van der Waals surface area contributed by atoms with Gasteiger partial charge in [0.1, 0.15) is 5.54 Å². The maximum Gasteiger partial charge on any atom is 0.281 e. The Morgan fingerprint density at radius 1 is 1.20 bits per heavy atom. The Morgan fingerprint density at radius 2 is 1.85 bits per heavy atom. The summed E-state index contributed by atoms with van der Waals surface area (Å²) in [5, 5.41) is 9.46. The Balaban J connectivity index is 2.12. The first kappa shape index (κ1) is 15.7. The van der Waals surface area contributed by atoms with E-state index in [0.717, 1.165) is 32.1 Å². The Bertz CT molecular complexity index is 475. The molecule has 1 N–H and O–H groups in total. The molecule has 0 bridgehead atoms. The monoisotopic (exact) mass is 299 g/mol. The third-order valence-corrected chi connectivity index (χ3v) is 6.53. The van der Waals surface area contributed by atoms with Gasteiger partial charge in [0, 0.05) is 12.6 Å². The van der Waals surface area contributed by atoms with E-state index in [2.05, 4.69) is 17.7 Å². The Kier molecular flexibility index (Phi) is 4.73. The highest BCUT2D eigenvalue weighted by Gasteiger charge is 2.41. The second kappa shape index (κ2) is 6.00. The number of hydrogen-bond donors (Lipinski definition) is 1. The van der Waals surface area contributed by atoms with Crippen LogP contribution in [0.3, 0.4) is 0 Å². The molecule has 20 heavy (non-hydrogen) atoms. The van der Waals surface area contributed by atoms with Crippen LogP contribution < -0.4 is 4.72 Å². The highest BCUT2D eigenvalue weighted by atomic mass is 32.2. The molecular weight excluding hydrogens is 274 g/mol. The van der Waals surface area contributed by atoms with Crippen molar-refractivity contribution in [3.05, 3.63) is 0 Å². The molecule has 0 amide bonds. The fraction of sp³-hybridized carbons (Fsp3) is 0.929. The maximum absolute atomic E-state index is 12.6. The van der Waals surface area contributed by atoms with Crippen molar-refractivity contribution in [1.82, 2.24) is 9.03 Å². The van der Waals surface area contributed by atoms with Gasteiger partial charge in [0.15, 0.2) is 0 Å². The van der Waals surface area contributed by atoms with Gasteiger partial charge in [-0.15, -0.1) is 0 Å². The van der Waals surface area contributed by atoms with Gasteiger partial charge < -0.3 is 0 Å². The first-order valence-electron chi connectivity index (χ1n) is 7.60. The largest absolute Gasteiger partial charge is 0.281 e. The molecule has 2 fully saturated rings. The lowest BCUT2D eigenvalue weighted by Crippen LogP contribution is -2.56. The molecule has 0 spiro atoms. The van der Waals surface area contributed by atoms with Crippen molar-refractivity contribution in [2.24, 2.45) is 5.92 Å². The van der Waals surface area contributed by atoms with E-state index < -0.39 is 15.7 Å². The SMILES string of the molecule is CC1CCC(C#N)(NS(=O)(=O)N2CCCCC2C)CC1. The van der Waals surface area contributed by atoms with Crippen LogP contribution in [0, 0.1) is 17.2 Å². The van der Waals surface area contributed by atoms with Gasteiger partial charge in [0.2, 0.25) is 0 Å². The molecule has 1 saturated heterocycles. The van der Waals surface area contributed by atoms with Crippen LogP contribution in [-0.4, -0.2) is 30.8 Å². The molecule has 1 atom stereocenters. The van der Waals surface area contributed by atoms with Crippen molar-refractivity contribution >= 4 is 10.2 Å². The molecule has 114 valence electrons. The lowest BCUT2D eigenvalue weighted by atomic mass is 9.79. The van der Waals surface area contributed by atoms with Gasteiger partial charge in [0.25, 0.3) is 10.2 Å². The van der Waals surface area contributed by atoms with Gasteiger partial charge in [-0.2, -0.15) is 22.7 Å². The van der Waals surface area contributed by atoms with Crippen LogP contribution in [0.5, 0.6) is 0 Å². The smallest absolute Gasteiger partial charge is 0.196 e. The molecule has 6 heteroatoms. The summed E-state index contributed by atoms with van der Waals surface area (Å²) in [6.07, 6.45) is 5.93. The van der Waals surface area contributed by atoms with Crippen LogP contribution in [0.25, 0.3) is 0 Å². The molecule has 0 radical (unpaired) electrons. The average molecular weight is 299 g/mol. The fourth-order valence-corrected chi connectivity index (χ4v) is 5.04. The summed E-state index contributed by atoms with van der Waals surface area (Å²) in [4.78, 5) is 0. The van der Waals surface area contributed by atoms with E-state index in [9.17, 15) is 13.7 Å². The topological polar surface area (TPSA) is 73.2 Å². The Hall–Kier alpha value is -0.640. The number of nitrogens with zero attached hydrogens (tertiary/aromatic N) is 2. The third-order valence-electron chi connectivity index (χ3n) is 4.72. The van der Waals surface area contributed by atoms with Gasteiger partial charge in [-0.1, -0.05) is 13.3 Å². The van der Waals surface area contributed by atoms with Crippen molar-refractivity contribution < 1.29 is 8.42 Å². The first-order valence-corrected chi connectivity index (χ1v) is 9.04. The molecule has 2 aliphatic rings. The number of piperidine rings is 1. The molecule has 1 aliphatic carbocycles. The summed E-state index contributed by atoms with van der Waals surface area (Å²) in [7, 11) is -3.56. The van der Waals surface area contributed by atoms with E-state index >= 15 is 0 Å². The second-order valence-corrected chi connectivity index (χ2v) is 8.06. The summed E-state index contributed by atoms with van der Waals surface area (Å²) in [5.41, 5.74) is -0.900. The number of hydrogen-bond acceptors (Lipinski definition) is 3. The van der Waals surface area contributed by atoms with E-state index in [1.165, 1.54) is 4.31 Å². The zero-order chi connectivity index (χ0) is 14.8. The molecule has 0 aromatic heterocycles. The lowest BCUT2D eigenvalue weighted by molar-refractivity contribution is 0.243. The minimum absolute atomic E-state index is 0.0273. The molecular formula is C14H25N3O2S. The van der Waals surface area contributed by atoms with E-state index in [4.69, 9.17) is 0 Å². The minimum Gasteiger partial charge on any atom is -0.196 e. The molecule has 1 unspecified atom stereocenters. The quantitative estimate of drug-likeness (QED) is 0.868. The van der Waals surface area contributed by atoms with Crippen molar-refractivity contribution in [2.75, 3.05) is 6.54 Å². The summed E-state index contributed by atoms with van der Waals surface area (Å²) in [6, 6.07) is 2.26. The minimum atomic E-state index is -3.56. The van der Waals surface area contributed by atoms with Crippen molar-refractivity contribution in [3.63, 3.8) is 0 Å². The molecule has 5 nitrogen and oxygen atoms in total. The van der Waals surface area contributed by atoms with Gasteiger partial charge in [-0.05, 0) is 51.4 Å². The van der Waals surface area contributed by atoms with Crippen LogP contribution in [0.15, 0.2) is 0 Å². The summed E-state index contributed by atoms with van der Waals surface area (Å²) in [6.45, 7) is 4.66. The standard InChI is InChI=1S/C14H25N3O2S/c1-12-6-8-14(11-15,9-7-12)16-20(18,19)17-10-4-3-5-13(17)2/h12-13,16H,3-10H2,1-2H3. The van der Waals surface area contributed by atoms with E-state index in [1.807, 2.05) is 6.92 Å². The predicted molar refractivity (Wildman–Crippen MR) is 78.1 cm³/mol. The van der Waals surface area contributed by atoms with Gasteiger partial charge >= 0.3 is 0 Å². The molecule has 0 aromatic carbocycles. The molecule has 1 heterocycles. The van der Waals surface area contributed by atoms with Crippen molar-refractivity contribution in [2.45, 2.75) is 70.4 Å². The zero-order valence-corrected chi connectivity index (χ0v) is 13.2. The van der Waals surface area contributed by atoms with Crippen LogP contribution in [-0.2, 0) is 10.2 Å². The lowest BCUT2D eigenvalue weighted by Gasteiger charge is -2.38. The van der Waals surface area contributed by atoms with E-state index in [0.29, 0.717) is 25.3 Å². The molecule has 1 saturated carbocycles. The van der Waals surface area contributed by atoms with Gasteiger partial charge in [0.05, 0.1) is 6.07 Å². The number of nitriles is 1. The van der Waals surface area contributed by atoms with Gasteiger partial charge in [-0.3, -0.25) is 0 Å². The summed E-state index contributed by atoms with van der Waals surface area (Å²) < 4.78 is 29.4. The van der Waals surface area contributed by atoms with Gasteiger partial charge in [-0.25, -0.2) is 0 Å². The summed E-state index contributed by atoms with van der Waals surface area (Å²) >= 11 is 0. The maximum atomic E-state index is 12.6. The molecule has 0 aromatic rings. The van der Waals surface area contributed by atoms with E-state index in [-0.39, 0.29) is 6.04 Å². The van der Waals surface area contributed by atoms with Crippen LogP contribution in [0.4, 0.5) is 0 Å². The average Bonchev–Trinajstić information content (AvgIpc) is 2.42. The van der Waals surface area contributed by atoms with Crippen LogP contribution in [0.1, 0.15) is 58.8 Å². The van der Waals surface area contributed by atoms with Crippen molar-refractivity contribution in [1.29, 1.82) is 5.26 Å². The van der Waals surface area contributed by atoms with Crippen LogP contribution >= 0.6 is 0 Å². The normalized spacial score (nSPS) is 36.5. The highest BCUT2D eigenvalue weighted by Crippen LogP contribution is 2.33. The number of nitrogens with one attached hydrogen (secondary N) is 1. The third kappa shape index (κ3) is 3.33. The van der Waals surface area contributed by atoms with Crippen molar-refractivity contribution in [3.8, 4) is 6.07 Å². The van der Waals surface area contributed by atoms with E-state index in [1.54, 1.807) is 0 Å². The second-order valence-electron chi connectivity index (χ2n) is 6.44.